The van der Waals surface area contributed by atoms with Gasteiger partial charge in [0.25, 0.3) is 0 Å². The van der Waals surface area contributed by atoms with Gasteiger partial charge in [0.2, 0.25) is 0 Å². The van der Waals surface area contributed by atoms with Gasteiger partial charge >= 0.3 is 5.69 Å². The van der Waals surface area contributed by atoms with E-state index >= 15 is 0 Å². The second-order valence-corrected chi connectivity index (χ2v) is 4.03. The van der Waals surface area contributed by atoms with Crippen molar-refractivity contribution in [3.8, 4) is 0 Å². The van der Waals surface area contributed by atoms with E-state index in [0.29, 0.717) is 17.3 Å². The van der Waals surface area contributed by atoms with Gasteiger partial charge < -0.3 is 0 Å². The molecule has 0 saturated heterocycles. The average Bonchev–Trinajstić information content (AvgIpc) is 2.50. The van der Waals surface area contributed by atoms with Gasteiger partial charge in [-0.1, -0.05) is 23.7 Å². The molecule has 0 aliphatic carbocycles. The molecule has 1 aliphatic heterocycles. The number of H-pyrrole nitrogens is 1. The molecule has 0 atom stereocenters. The molecule has 1 aliphatic rings. The highest BCUT2D eigenvalue weighted by Gasteiger charge is 2.13. The summed E-state index contributed by atoms with van der Waals surface area (Å²) in [4.78, 5) is 11.4. The van der Waals surface area contributed by atoms with E-state index in [1.807, 2.05) is 24.3 Å². The Balaban J connectivity index is 2.26. The minimum Gasteiger partial charge on any atom is -0.254 e. The lowest BCUT2D eigenvalue weighted by Crippen LogP contribution is -2.12. The predicted octanol–water partition coefficient (Wildman–Crippen LogP) is 1.76. The monoisotopic (exact) mass is 233 g/mol. The van der Waals surface area contributed by atoms with Crippen LogP contribution in [0.25, 0.3) is 12.3 Å². The van der Waals surface area contributed by atoms with E-state index in [1.165, 1.54) is 4.57 Å². The van der Waals surface area contributed by atoms with Crippen LogP contribution in [0.1, 0.15) is 17.0 Å². The molecule has 2 aromatic rings. The first-order chi connectivity index (χ1) is 7.75. The summed E-state index contributed by atoms with van der Waals surface area (Å²) in [6.07, 6.45) is 4.13. The lowest BCUT2D eigenvalue weighted by Gasteiger charge is -2.03. The fourth-order valence-electron chi connectivity index (χ4n) is 1.86. The Morgan fingerprint density at radius 3 is 3.19 bits per heavy atom. The molecule has 80 valence electrons. The van der Waals surface area contributed by atoms with Crippen LogP contribution in [0.15, 0.2) is 23.0 Å². The standard InChI is InChI=1S/C11H8ClN3O/c12-9-3-1-2-7-6-10-13-14-11(16)15(10)5-4-8(7)9/h1-5H,6H2,(H,14,16). The Bertz CT molecular complexity index is 639. The van der Waals surface area contributed by atoms with E-state index in [9.17, 15) is 4.79 Å². The Hall–Kier alpha value is -1.81. The van der Waals surface area contributed by atoms with Crippen LogP contribution in [-0.2, 0) is 6.42 Å². The highest BCUT2D eigenvalue weighted by atomic mass is 35.5. The molecule has 0 unspecified atom stereocenters. The maximum Gasteiger partial charge on any atom is 0.347 e. The van der Waals surface area contributed by atoms with Crippen LogP contribution >= 0.6 is 11.6 Å². The van der Waals surface area contributed by atoms with Crippen molar-refractivity contribution in [2.45, 2.75) is 6.42 Å². The molecule has 4 nitrogen and oxygen atoms in total. The van der Waals surface area contributed by atoms with Crippen molar-refractivity contribution >= 4 is 23.9 Å². The fourth-order valence-corrected chi connectivity index (χ4v) is 2.11. The summed E-state index contributed by atoms with van der Waals surface area (Å²) in [5.41, 5.74) is 1.80. The van der Waals surface area contributed by atoms with Gasteiger partial charge in [0.05, 0.1) is 0 Å². The van der Waals surface area contributed by atoms with E-state index in [4.69, 9.17) is 11.6 Å². The van der Waals surface area contributed by atoms with Crippen molar-refractivity contribution in [3.05, 3.63) is 50.7 Å². The summed E-state index contributed by atoms with van der Waals surface area (Å²) in [6.45, 7) is 0. The summed E-state index contributed by atoms with van der Waals surface area (Å²) >= 11 is 6.10. The molecule has 0 amide bonds. The van der Waals surface area contributed by atoms with Gasteiger partial charge in [-0.3, -0.25) is 4.57 Å². The van der Waals surface area contributed by atoms with Gasteiger partial charge in [0, 0.05) is 17.6 Å². The van der Waals surface area contributed by atoms with Crippen molar-refractivity contribution in [1.82, 2.24) is 14.8 Å². The van der Waals surface area contributed by atoms with Gasteiger partial charge in [-0.15, -0.1) is 0 Å². The quantitative estimate of drug-likeness (QED) is 0.643. The number of rotatable bonds is 0. The number of aromatic nitrogens is 3. The Morgan fingerprint density at radius 2 is 2.31 bits per heavy atom. The average molecular weight is 234 g/mol. The molecule has 0 radical (unpaired) electrons. The normalized spacial score (nSPS) is 13.1. The van der Waals surface area contributed by atoms with Crippen molar-refractivity contribution in [2.24, 2.45) is 0 Å². The third-order valence-electron chi connectivity index (χ3n) is 2.66. The van der Waals surface area contributed by atoms with Gasteiger partial charge in [0.1, 0.15) is 5.82 Å². The predicted molar refractivity (Wildman–Crippen MR) is 62.3 cm³/mol. The Kier molecular flexibility index (Phi) is 1.97. The maximum absolute atomic E-state index is 11.4. The summed E-state index contributed by atoms with van der Waals surface area (Å²) in [5.74, 6) is 0.697. The van der Waals surface area contributed by atoms with Crippen LogP contribution in [0.4, 0.5) is 0 Å². The molecule has 0 fully saturated rings. The number of hydrogen-bond acceptors (Lipinski definition) is 2. The molecule has 3 rings (SSSR count). The highest BCUT2D eigenvalue weighted by Crippen LogP contribution is 2.25. The molecule has 0 saturated carbocycles. The van der Waals surface area contributed by atoms with Crippen LogP contribution in [0.3, 0.4) is 0 Å². The number of halogens is 1. The second kappa shape index (κ2) is 3.35. The molecular weight excluding hydrogens is 226 g/mol. The number of aromatic amines is 1. The largest absolute Gasteiger partial charge is 0.347 e. The minimum atomic E-state index is -0.227. The summed E-state index contributed by atoms with van der Waals surface area (Å²) in [5, 5.41) is 7.09. The van der Waals surface area contributed by atoms with Crippen LogP contribution in [-0.4, -0.2) is 14.8 Å². The summed E-state index contributed by atoms with van der Waals surface area (Å²) in [7, 11) is 0. The third-order valence-corrected chi connectivity index (χ3v) is 2.99. The van der Waals surface area contributed by atoms with Crippen molar-refractivity contribution < 1.29 is 0 Å². The molecular formula is C11H8ClN3O. The molecule has 2 heterocycles. The second-order valence-electron chi connectivity index (χ2n) is 3.62. The van der Waals surface area contributed by atoms with Crippen LogP contribution < -0.4 is 5.69 Å². The van der Waals surface area contributed by atoms with E-state index in [-0.39, 0.29) is 5.69 Å². The van der Waals surface area contributed by atoms with E-state index in [2.05, 4.69) is 10.2 Å². The van der Waals surface area contributed by atoms with E-state index < -0.39 is 0 Å². The maximum atomic E-state index is 11.4. The summed E-state index contributed by atoms with van der Waals surface area (Å²) < 4.78 is 1.50. The smallest absolute Gasteiger partial charge is 0.254 e. The highest BCUT2D eigenvalue weighted by molar-refractivity contribution is 6.32. The van der Waals surface area contributed by atoms with Gasteiger partial charge in [-0.25, -0.2) is 9.89 Å². The first-order valence-corrected chi connectivity index (χ1v) is 5.25. The zero-order valence-electron chi connectivity index (χ0n) is 8.27. The van der Waals surface area contributed by atoms with Gasteiger partial charge in [-0.05, 0) is 23.3 Å². The molecule has 1 aromatic carbocycles. The Morgan fingerprint density at radius 1 is 1.44 bits per heavy atom. The lowest BCUT2D eigenvalue weighted by atomic mass is 10.1. The van der Waals surface area contributed by atoms with Crippen molar-refractivity contribution in [1.29, 1.82) is 0 Å². The molecule has 16 heavy (non-hydrogen) atoms. The first kappa shape index (κ1) is 9.42. The number of nitrogens with one attached hydrogen (secondary N) is 1. The molecule has 1 N–H and O–H groups in total. The zero-order chi connectivity index (χ0) is 11.1. The molecule has 0 bridgehead atoms. The molecule has 1 aromatic heterocycles. The topological polar surface area (TPSA) is 50.7 Å². The van der Waals surface area contributed by atoms with Crippen molar-refractivity contribution in [2.75, 3.05) is 0 Å². The lowest BCUT2D eigenvalue weighted by molar-refractivity contribution is 0.935. The van der Waals surface area contributed by atoms with Crippen LogP contribution in [0, 0.1) is 0 Å². The minimum absolute atomic E-state index is 0.227. The SMILES string of the molecule is O=c1[nH]nc2n1C=Cc1c(Cl)cccc1C2. The van der Waals surface area contributed by atoms with E-state index in [0.717, 1.165) is 11.1 Å². The number of nitrogens with zero attached hydrogens (tertiary/aromatic N) is 2. The molecule has 5 heteroatoms. The van der Waals surface area contributed by atoms with Crippen LogP contribution in [0.5, 0.6) is 0 Å². The summed E-state index contributed by atoms with van der Waals surface area (Å²) in [6, 6.07) is 5.72. The molecule has 0 spiro atoms. The fraction of sp³-hybridized carbons (Fsp3) is 0.0909. The van der Waals surface area contributed by atoms with Gasteiger partial charge in [0.15, 0.2) is 0 Å². The van der Waals surface area contributed by atoms with Crippen LogP contribution in [0.2, 0.25) is 5.02 Å². The Labute approximate surface area is 96.2 Å². The zero-order valence-corrected chi connectivity index (χ0v) is 9.03. The third kappa shape index (κ3) is 1.31. The first-order valence-electron chi connectivity index (χ1n) is 4.87. The van der Waals surface area contributed by atoms with Gasteiger partial charge in [-0.2, -0.15) is 5.10 Å². The van der Waals surface area contributed by atoms with E-state index in [1.54, 1.807) is 6.20 Å². The van der Waals surface area contributed by atoms with Crippen molar-refractivity contribution in [3.63, 3.8) is 0 Å². The number of benzene rings is 1. The number of hydrogen-bond donors (Lipinski definition) is 1. The number of fused-ring (bicyclic) bond motifs is 2.